The fourth-order valence-electron chi connectivity index (χ4n) is 2.89. The van der Waals surface area contributed by atoms with E-state index < -0.39 is 0 Å². The molecular formula is C22H21NO4. The zero-order valence-electron chi connectivity index (χ0n) is 15.5. The second-order valence-electron chi connectivity index (χ2n) is 5.78. The SMILES string of the molecule is COc1ccc(/C=C/C(=O)/C=C/c2c[nH]c3ccccc23)c(OC)c1OC. The van der Waals surface area contributed by atoms with Crippen LogP contribution in [-0.2, 0) is 4.79 Å². The van der Waals surface area contributed by atoms with Gasteiger partial charge < -0.3 is 19.2 Å². The maximum atomic E-state index is 12.2. The average Bonchev–Trinajstić information content (AvgIpc) is 3.12. The number of H-pyrrole nitrogens is 1. The van der Waals surface area contributed by atoms with Gasteiger partial charge in [0, 0.05) is 22.7 Å². The summed E-state index contributed by atoms with van der Waals surface area (Å²) in [4.78, 5) is 15.4. The van der Waals surface area contributed by atoms with Gasteiger partial charge in [0.25, 0.3) is 0 Å². The number of allylic oxidation sites excluding steroid dienone is 2. The number of fused-ring (bicyclic) bond motifs is 1. The number of ether oxygens (including phenoxy) is 3. The summed E-state index contributed by atoms with van der Waals surface area (Å²) >= 11 is 0. The zero-order valence-corrected chi connectivity index (χ0v) is 15.5. The van der Waals surface area contributed by atoms with E-state index >= 15 is 0 Å². The molecule has 0 aliphatic heterocycles. The maximum absolute atomic E-state index is 12.2. The molecule has 1 heterocycles. The predicted octanol–water partition coefficient (Wildman–Crippen LogP) is 4.49. The summed E-state index contributed by atoms with van der Waals surface area (Å²) in [6, 6.07) is 11.5. The number of ketones is 1. The number of aromatic nitrogens is 1. The summed E-state index contributed by atoms with van der Waals surface area (Å²) in [6.45, 7) is 0. The lowest BCUT2D eigenvalue weighted by atomic mass is 10.1. The summed E-state index contributed by atoms with van der Waals surface area (Å²) in [5, 5.41) is 1.08. The van der Waals surface area contributed by atoms with Crippen molar-refractivity contribution in [1.29, 1.82) is 0 Å². The minimum atomic E-state index is -0.128. The van der Waals surface area contributed by atoms with Crippen LogP contribution in [0, 0.1) is 0 Å². The molecule has 1 N–H and O–H groups in total. The van der Waals surface area contributed by atoms with E-state index in [-0.39, 0.29) is 5.78 Å². The van der Waals surface area contributed by atoms with Crippen molar-refractivity contribution in [2.45, 2.75) is 0 Å². The molecule has 2 aromatic carbocycles. The highest BCUT2D eigenvalue weighted by atomic mass is 16.5. The number of rotatable bonds is 7. The lowest BCUT2D eigenvalue weighted by Crippen LogP contribution is -1.96. The van der Waals surface area contributed by atoms with Gasteiger partial charge in [-0.1, -0.05) is 18.2 Å². The van der Waals surface area contributed by atoms with Crippen molar-refractivity contribution in [2.75, 3.05) is 21.3 Å². The van der Waals surface area contributed by atoms with Crippen molar-refractivity contribution in [2.24, 2.45) is 0 Å². The molecule has 0 aliphatic rings. The highest BCUT2D eigenvalue weighted by Crippen LogP contribution is 2.40. The van der Waals surface area contributed by atoms with E-state index in [1.807, 2.05) is 36.5 Å². The molecule has 5 heteroatoms. The van der Waals surface area contributed by atoms with E-state index in [9.17, 15) is 4.79 Å². The van der Waals surface area contributed by atoms with Crippen molar-refractivity contribution < 1.29 is 19.0 Å². The minimum Gasteiger partial charge on any atom is -0.493 e. The number of para-hydroxylation sites is 1. The Hall–Kier alpha value is -3.47. The highest BCUT2D eigenvalue weighted by molar-refractivity contribution is 6.05. The Bertz CT molecular complexity index is 1010. The lowest BCUT2D eigenvalue weighted by molar-refractivity contribution is -0.110. The highest BCUT2D eigenvalue weighted by Gasteiger charge is 2.14. The van der Waals surface area contributed by atoms with Crippen LogP contribution in [0.5, 0.6) is 17.2 Å². The summed E-state index contributed by atoms with van der Waals surface area (Å²) in [7, 11) is 4.65. The Morgan fingerprint density at radius 1 is 0.852 bits per heavy atom. The first-order chi connectivity index (χ1) is 13.2. The first kappa shape index (κ1) is 18.3. The molecule has 0 saturated carbocycles. The Labute approximate surface area is 157 Å². The second kappa shape index (κ2) is 8.27. The van der Waals surface area contributed by atoms with E-state index in [1.54, 1.807) is 45.6 Å². The van der Waals surface area contributed by atoms with Gasteiger partial charge in [-0.25, -0.2) is 0 Å². The number of hydrogen-bond donors (Lipinski definition) is 1. The fourth-order valence-corrected chi connectivity index (χ4v) is 2.89. The molecule has 0 amide bonds. The van der Waals surface area contributed by atoms with Crippen molar-refractivity contribution in [3.05, 3.63) is 65.9 Å². The molecule has 27 heavy (non-hydrogen) atoms. The third kappa shape index (κ3) is 3.87. The summed E-state index contributed by atoms with van der Waals surface area (Å²) < 4.78 is 16.0. The Balaban J connectivity index is 1.81. The summed E-state index contributed by atoms with van der Waals surface area (Å²) in [5.41, 5.74) is 2.73. The monoisotopic (exact) mass is 363 g/mol. The number of methoxy groups -OCH3 is 3. The average molecular weight is 363 g/mol. The first-order valence-electron chi connectivity index (χ1n) is 8.43. The van der Waals surface area contributed by atoms with Gasteiger partial charge >= 0.3 is 0 Å². The molecule has 3 aromatic rings. The molecule has 0 saturated heterocycles. The standard InChI is InChI=1S/C22H21NO4/c1-25-20-13-10-15(21(26-2)22(20)27-3)8-11-17(24)12-9-16-14-23-19-7-5-4-6-18(16)19/h4-14,23H,1-3H3/b11-8+,12-9+. The molecule has 0 fully saturated rings. The van der Waals surface area contributed by atoms with Crippen LogP contribution in [0.3, 0.4) is 0 Å². The van der Waals surface area contributed by atoms with E-state index in [0.29, 0.717) is 17.2 Å². The number of benzene rings is 2. The largest absolute Gasteiger partial charge is 0.493 e. The molecule has 138 valence electrons. The van der Waals surface area contributed by atoms with E-state index in [2.05, 4.69) is 4.98 Å². The Kier molecular flexibility index (Phi) is 5.61. The molecule has 0 spiro atoms. The van der Waals surface area contributed by atoms with Crippen LogP contribution in [0.4, 0.5) is 0 Å². The number of carbonyl (C=O) groups is 1. The molecule has 0 bridgehead atoms. The lowest BCUT2D eigenvalue weighted by Gasteiger charge is -2.13. The first-order valence-corrected chi connectivity index (χ1v) is 8.43. The van der Waals surface area contributed by atoms with Crippen molar-refractivity contribution in [3.63, 3.8) is 0 Å². The van der Waals surface area contributed by atoms with Crippen LogP contribution in [0.1, 0.15) is 11.1 Å². The van der Waals surface area contributed by atoms with Gasteiger partial charge in [0.15, 0.2) is 17.3 Å². The van der Waals surface area contributed by atoms with Gasteiger partial charge in [0.1, 0.15) is 0 Å². The zero-order chi connectivity index (χ0) is 19.2. The van der Waals surface area contributed by atoms with Gasteiger partial charge in [0.2, 0.25) is 5.75 Å². The van der Waals surface area contributed by atoms with Crippen LogP contribution in [0.2, 0.25) is 0 Å². The van der Waals surface area contributed by atoms with Crippen LogP contribution in [0.15, 0.2) is 54.7 Å². The van der Waals surface area contributed by atoms with Crippen LogP contribution in [0.25, 0.3) is 23.1 Å². The van der Waals surface area contributed by atoms with Crippen molar-refractivity contribution in [1.82, 2.24) is 4.98 Å². The van der Waals surface area contributed by atoms with E-state index in [0.717, 1.165) is 22.0 Å². The van der Waals surface area contributed by atoms with Crippen LogP contribution < -0.4 is 14.2 Å². The van der Waals surface area contributed by atoms with Gasteiger partial charge in [-0.3, -0.25) is 4.79 Å². The van der Waals surface area contributed by atoms with Crippen LogP contribution in [-0.4, -0.2) is 32.1 Å². The topological polar surface area (TPSA) is 60.6 Å². The third-order valence-corrected chi connectivity index (χ3v) is 4.21. The van der Waals surface area contributed by atoms with Crippen molar-refractivity contribution >= 4 is 28.8 Å². The maximum Gasteiger partial charge on any atom is 0.203 e. The van der Waals surface area contributed by atoms with Crippen LogP contribution >= 0.6 is 0 Å². The molecule has 0 aliphatic carbocycles. The molecule has 3 rings (SSSR count). The Morgan fingerprint density at radius 3 is 2.26 bits per heavy atom. The third-order valence-electron chi connectivity index (χ3n) is 4.21. The van der Waals surface area contributed by atoms with Gasteiger partial charge in [-0.2, -0.15) is 0 Å². The normalized spacial score (nSPS) is 11.4. The minimum absolute atomic E-state index is 0.128. The van der Waals surface area contributed by atoms with Gasteiger partial charge in [-0.05, 0) is 48.1 Å². The number of carbonyl (C=O) groups excluding carboxylic acids is 1. The van der Waals surface area contributed by atoms with E-state index in [1.165, 1.54) is 6.08 Å². The quantitative estimate of drug-likeness (QED) is 0.628. The fraction of sp³-hybridized carbons (Fsp3) is 0.136. The predicted molar refractivity (Wildman–Crippen MR) is 107 cm³/mol. The smallest absolute Gasteiger partial charge is 0.203 e. The molecule has 0 radical (unpaired) electrons. The number of nitrogens with one attached hydrogen (secondary N) is 1. The van der Waals surface area contributed by atoms with E-state index in [4.69, 9.17) is 14.2 Å². The molecule has 5 nitrogen and oxygen atoms in total. The molecular weight excluding hydrogens is 342 g/mol. The number of aromatic amines is 1. The van der Waals surface area contributed by atoms with Gasteiger partial charge in [-0.15, -0.1) is 0 Å². The second-order valence-corrected chi connectivity index (χ2v) is 5.78. The van der Waals surface area contributed by atoms with Gasteiger partial charge in [0.05, 0.1) is 21.3 Å². The number of hydrogen-bond acceptors (Lipinski definition) is 4. The Morgan fingerprint density at radius 2 is 1.56 bits per heavy atom. The molecule has 1 aromatic heterocycles. The summed E-state index contributed by atoms with van der Waals surface area (Å²) in [6.07, 6.45) is 8.42. The molecule has 0 atom stereocenters. The van der Waals surface area contributed by atoms with Crippen molar-refractivity contribution in [3.8, 4) is 17.2 Å². The molecule has 0 unspecified atom stereocenters. The summed E-state index contributed by atoms with van der Waals surface area (Å²) in [5.74, 6) is 1.44.